The van der Waals surface area contributed by atoms with Gasteiger partial charge in [0.15, 0.2) is 0 Å². The Balaban J connectivity index is 1.53. The van der Waals surface area contributed by atoms with Crippen LogP contribution in [0, 0.1) is 0 Å². The van der Waals surface area contributed by atoms with Gasteiger partial charge in [-0.1, -0.05) is 53.5 Å². The van der Waals surface area contributed by atoms with Crippen LogP contribution in [0.4, 0.5) is 0 Å². The van der Waals surface area contributed by atoms with E-state index in [1.165, 1.54) is 11.8 Å². The lowest BCUT2D eigenvalue weighted by atomic mass is 10.2. The third-order valence-corrected chi connectivity index (χ3v) is 5.66. The number of rotatable bonds is 7. The number of hydrogen-bond acceptors (Lipinski definition) is 4. The molecule has 144 valence electrons. The number of nitrogens with zero attached hydrogens (tertiary/aromatic N) is 1. The Morgan fingerprint density at radius 2 is 1.96 bits per heavy atom. The topological polar surface area (TPSA) is 54.6 Å². The molecule has 0 fully saturated rings. The predicted molar refractivity (Wildman–Crippen MR) is 117 cm³/mol. The van der Waals surface area contributed by atoms with Crippen molar-refractivity contribution < 1.29 is 9.21 Å². The van der Waals surface area contributed by atoms with E-state index in [0.29, 0.717) is 21.6 Å². The summed E-state index contributed by atoms with van der Waals surface area (Å²) in [6.07, 6.45) is 1.46. The molecule has 4 nitrogen and oxygen atoms in total. The minimum Gasteiger partial charge on any atom is -0.455 e. The summed E-state index contributed by atoms with van der Waals surface area (Å²) < 4.78 is 5.70. The number of hydrogen-bond donors (Lipinski definition) is 1. The number of thioether (sulfide) groups is 1. The van der Waals surface area contributed by atoms with E-state index < -0.39 is 0 Å². The molecule has 0 saturated heterocycles. The van der Waals surface area contributed by atoms with Crippen molar-refractivity contribution in [2.75, 3.05) is 0 Å². The molecule has 1 aromatic heterocycles. The molecule has 0 aliphatic heterocycles. The molecule has 28 heavy (non-hydrogen) atoms. The fourth-order valence-corrected chi connectivity index (χ4v) is 3.72. The van der Waals surface area contributed by atoms with Crippen molar-refractivity contribution in [3.05, 3.63) is 82.0 Å². The van der Waals surface area contributed by atoms with E-state index in [0.717, 1.165) is 11.3 Å². The van der Waals surface area contributed by atoms with Gasteiger partial charge in [-0.15, -0.1) is 11.8 Å². The monoisotopic (exact) mass is 432 g/mol. The summed E-state index contributed by atoms with van der Waals surface area (Å²) >= 11 is 13.7. The van der Waals surface area contributed by atoms with E-state index in [2.05, 4.69) is 10.5 Å². The van der Waals surface area contributed by atoms with Crippen molar-refractivity contribution in [3.8, 4) is 11.3 Å². The SMILES string of the molecule is C[C@@H](SCc1ccccc1)C(=O)N/N=C\c1ccc(-c2ccc(Cl)cc2Cl)o1. The van der Waals surface area contributed by atoms with Crippen LogP contribution in [-0.4, -0.2) is 17.4 Å². The summed E-state index contributed by atoms with van der Waals surface area (Å²) in [5, 5.41) is 4.81. The van der Waals surface area contributed by atoms with Gasteiger partial charge in [-0.05, 0) is 42.8 Å². The molecule has 0 saturated carbocycles. The normalized spacial score (nSPS) is 12.2. The number of furan rings is 1. The van der Waals surface area contributed by atoms with Gasteiger partial charge >= 0.3 is 0 Å². The molecule has 3 rings (SSSR count). The quantitative estimate of drug-likeness (QED) is 0.366. The molecule has 0 unspecified atom stereocenters. The summed E-state index contributed by atoms with van der Waals surface area (Å²) in [5.74, 6) is 1.71. The Labute approximate surface area is 177 Å². The van der Waals surface area contributed by atoms with E-state index in [1.54, 1.807) is 42.1 Å². The van der Waals surface area contributed by atoms with Gasteiger partial charge in [0.2, 0.25) is 0 Å². The van der Waals surface area contributed by atoms with Crippen LogP contribution < -0.4 is 5.43 Å². The summed E-state index contributed by atoms with van der Waals surface area (Å²) in [5.41, 5.74) is 4.46. The molecular formula is C21H18Cl2N2O2S. The molecule has 0 bridgehead atoms. The Kier molecular flexibility index (Phi) is 7.20. The maximum Gasteiger partial charge on any atom is 0.252 e. The standard InChI is InChI=1S/C21H18Cl2N2O2S/c1-14(28-13-15-5-3-2-4-6-15)21(26)25-24-12-17-8-10-20(27-17)18-9-7-16(22)11-19(18)23/h2-12,14H,13H2,1H3,(H,25,26)/b24-12-/t14-/m1/s1. The fraction of sp³-hybridized carbons (Fsp3) is 0.143. The van der Waals surface area contributed by atoms with E-state index in [-0.39, 0.29) is 11.2 Å². The Morgan fingerprint density at radius 3 is 2.71 bits per heavy atom. The number of nitrogens with one attached hydrogen (secondary N) is 1. The van der Waals surface area contributed by atoms with Crippen LogP contribution in [0.2, 0.25) is 10.0 Å². The zero-order chi connectivity index (χ0) is 19.9. The molecular weight excluding hydrogens is 415 g/mol. The zero-order valence-corrected chi connectivity index (χ0v) is 17.4. The van der Waals surface area contributed by atoms with Crippen LogP contribution in [-0.2, 0) is 10.5 Å². The average Bonchev–Trinajstić information content (AvgIpc) is 3.15. The Morgan fingerprint density at radius 1 is 1.18 bits per heavy atom. The second kappa shape index (κ2) is 9.82. The number of amides is 1. The average molecular weight is 433 g/mol. The van der Waals surface area contributed by atoms with Crippen molar-refractivity contribution in [1.29, 1.82) is 0 Å². The van der Waals surface area contributed by atoms with Crippen molar-refractivity contribution in [2.24, 2.45) is 5.10 Å². The molecule has 1 N–H and O–H groups in total. The second-order valence-corrected chi connectivity index (χ2v) is 8.17. The maximum atomic E-state index is 12.2. The summed E-state index contributed by atoms with van der Waals surface area (Å²) in [6.45, 7) is 1.85. The first-order valence-corrected chi connectivity index (χ1v) is 10.4. The molecule has 0 radical (unpaired) electrons. The molecule has 3 aromatic rings. The fourth-order valence-electron chi connectivity index (χ4n) is 2.38. The first-order valence-electron chi connectivity index (χ1n) is 8.56. The lowest BCUT2D eigenvalue weighted by molar-refractivity contribution is -0.120. The van der Waals surface area contributed by atoms with E-state index in [4.69, 9.17) is 27.6 Å². The minimum atomic E-state index is -0.225. The van der Waals surface area contributed by atoms with Crippen molar-refractivity contribution >= 4 is 47.1 Å². The maximum absolute atomic E-state index is 12.2. The van der Waals surface area contributed by atoms with Crippen LogP contribution in [0.5, 0.6) is 0 Å². The highest BCUT2D eigenvalue weighted by Gasteiger charge is 2.13. The molecule has 0 aliphatic rings. The molecule has 2 aromatic carbocycles. The summed E-state index contributed by atoms with van der Waals surface area (Å²) in [7, 11) is 0. The molecule has 1 amide bonds. The summed E-state index contributed by atoms with van der Waals surface area (Å²) in [6, 6.07) is 18.8. The highest BCUT2D eigenvalue weighted by molar-refractivity contribution is 7.99. The highest BCUT2D eigenvalue weighted by atomic mass is 35.5. The third-order valence-electron chi connectivity index (χ3n) is 3.90. The van der Waals surface area contributed by atoms with Gasteiger partial charge in [0.1, 0.15) is 11.5 Å². The zero-order valence-electron chi connectivity index (χ0n) is 15.1. The van der Waals surface area contributed by atoms with Gasteiger partial charge in [-0.3, -0.25) is 4.79 Å². The molecule has 0 spiro atoms. The number of benzene rings is 2. The number of carbonyl (C=O) groups excluding carboxylic acids is 1. The van der Waals surface area contributed by atoms with Crippen LogP contribution in [0.15, 0.2) is 70.2 Å². The highest BCUT2D eigenvalue weighted by Crippen LogP contribution is 2.31. The number of carbonyl (C=O) groups is 1. The van der Waals surface area contributed by atoms with Crippen LogP contribution >= 0.6 is 35.0 Å². The Hall–Kier alpha value is -2.21. The van der Waals surface area contributed by atoms with Gasteiger partial charge in [-0.25, -0.2) is 5.43 Å². The number of halogens is 2. The first kappa shape index (κ1) is 20.5. The van der Waals surface area contributed by atoms with Crippen LogP contribution in [0.25, 0.3) is 11.3 Å². The Bertz CT molecular complexity index is 974. The predicted octanol–water partition coefficient (Wildman–Crippen LogP) is 6.03. The molecule has 7 heteroatoms. The molecule has 1 heterocycles. The number of hydrazone groups is 1. The lowest BCUT2D eigenvalue weighted by Gasteiger charge is -2.09. The van der Waals surface area contributed by atoms with Gasteiger partial charge < -0.3 is 4.42 Å². The third kappa shape index (κ3) is 5.64. The van der Waals surface area contributed by atoms with Gasteiger partial charge in [0.25, 0.3) is 5.91 Å². The van der Waals surface area contributed by atoms with E-state index >= 15 is 0 Å². The second-order valence-electron chi connectivity index (χ2n) is 6.00. The van der Waals surface area contributed by atoms with Crippen molar-refractivity contribution in [2.45, 2.75) is 17.9 Å². The van der Waals surface area contributed by atoms with E-state index in [1.807, 2.05) is 37.3 Å². The smallest absolute Gasteiger partial charge is 0.252 e. The summed E-state index contributed by atoms with van der Waals surface area (Å²) in [4.78, 5) is 12.2. The van der Waals surface area contributed by atoms with E-state index in [9.17, 15) is 4.79 Å². The largest absolute Gasteiger partial charge is 0.455 e. The molecule has 1 atom stereocenters. The lowest BCUT2D eigenvalue weighted by Crippen LogP contribution is -2.26. The minimum absolute atomic E-state index is 0.162. The van der Waals surface area contributed by atoms with Crippen molar-refractivity contribution in [3.63, 3.8) is 0 Å². The van der Waals surface area contributed by atoms with Gasteiger partial charge in [0.05, 0.1) is 16.5 Å². The van der Waals surface area contributed by atoms with Gasteiger partial charge in [-0.2, -0.15) is 5.10 Å². The van der Waals surface area contributed by atoms with Gasteiger partial charge in [0, 0.05) is 16.3 Å². The van der Waals surface area contributed by atoms with Crippen LogP contribution in [0.1, 0.15) is 18.2 Å². The molecule has 0 aliphatic carbocycles. The van der Waals surface area contributed by atoms with Crippen LogP contribution in [0.3, 0.4) is 0 Å². The van der Waals surface area contributed by atoms with Crippen molar-refractivity contribution in [1.82, 2.24) is 5.43 Å². The first-order chi connectivity index (χ1) is 13.5.